The number of nitrogens with two attached hydrogens (primary N) is 2. The van der Waals surface area contributed by atoms with E-state index in [4.69, 9.17) is 11.5 Å². The third kappa shape index (κ3) is 9.90. The van der Waals surface area contributed by atoms with Crippen LogP contribution in [0.3, 0.4) is 0 Å². The molecule has 0 fully saturated rings. The van der Waals surface area contributed by atoms with Gasteiger partial charge in [-0.3, -0.25) is 14.4 Å². The van der Waals surface area contributed by atoms with E-state index in [-0.39, 0.29) is 49.1 Å². The molecule has 0 aliphatic heterocycles. The molecule has 0 spiro atoms. The molecule has 2 aromatic carbocycles. The minimum absolute atomic E-state index is 0. The van der Waals surface area contributed by atoms with Gasteiger partial charge in [0, 0.05) is 26.4 Å². The van der Waals surface area contributed by atoms with Gasteiger partial charge in [-0.25, -0.2) is 9.98 Å². The second-order valence-electron chi connectivity index (χ2n) is 7.95. The fourth-order valence-corrected chi connectivity index (χ4v) is 4.28. The quantitative estimate of drug-likeness (QED) is 0.184. The number of aliphatic imine (C=N–C) groups is 1. The van der Waals surface area contributed by atoms with Gasteiger partial charge in [0.25, 0.3) is 5.91 Å². The number of rotatable bonds is 11. The van der Waals surface area contributed by atoms with Crippen LogP contribution in [0.15, 0.2) is 59.6 Å². The van der Waals surface area contributed by atoms with Crippen LogP contribution in [0.25, 0.3) is 0 Å². The Morgan fingerprint density at radius 1 is 0.946 bits per heavy atom. The van der Waals surface area contributed by atoms with Gasteiger partial charge < -0.3 is 27.4 Å². The molecular formula is C25H30ClN7O3S. The highest BCUT2D eigenvalue weighted by Gasteiger charge is 2.19. The highest BCUT2D eigenvalue weighted by molar-refractivity contribution is 7.17. The number of guanidine groups is 1. The summed E-state index contributed by atoms with van der Waals surface area (Å²) in [5, 5.41) is 8.60. The van der Waals surface area contributed by atoms with Crippen molar-refractivity contribution in [3.63, 3.8) is 0 Å². The average molecular weight is 544 g/mol. The molecule has 0 aliphatic rings. The molecule has 0 saturated heterocycles. The molecule has 3 rings (SSSR count). The Bertz CT molecular complexity index is 1230. The minimum atomic E-state index is -0.335. The normalized spacial score (nSPS) is 10.1. The summed E-state index contributed by atoms with van der Waals surface area (Å²) in [6, 6.07) is 17.0. The number of thiazole rings is 1. The van der Waals surface area contributed by atoms with Crippen LogP contribution >= 0.6 is 23.7 Å². The second kappa shape index (κ2) is 14.6. The molecule has 3 aromatic rings. The van der Waals surface area contributed by atoms with Crippen molar-refractivity contribution in [2.75, 3.05) is 11.9 Å². The number of hydrogen-bond acceptors (Lipinski definition) is 6. The number of anilines is 1. The fourth-order valence-electron chi connectivity index (χ4n) is 3.31. The van der Waals surface area contributed by atoms with Gasteiger partial charge in [0.2, 0.25) is 11.8 Å². The van der Waals surface area contributed by atoms with Crippen molar-refractivity contribution in [3.8, 4) is 0 Å². The van der Waals surface area contributed by atoms with Crippen LogP contribution < -0.4 is 27.4 Å². The van der Waals surface area contributed by atoms with Crippen molar-refractivity contribution in [1.82, 2.24) is 15.6 Å². The lowest BCUT2D eigenvalue weighted by Gasteiger charge is -2.07. The van der Waals surface area contributed by atoms with Crippen molar-refractivity contribution < 1.29 is 14.4 Å². The van der Waals surface area contributed by atoms with Gasteiger partial charge in [0.15, 0.2) is 11.1 Å². The van der Waals surface area contributed by atoms with Crippen molar-refractivity contribution in [1.29, 1.82) is 0 Å². The fraction of sp³-hybridized carbons (Fsp3) is 0.240. The highest BCUT2D eigenvalue weighted by Crippen LogP contribution is 2.25. The molecule has 0 bridgehead atoms. The molecule has 1 aromatic heterocycles. The average Bonchev–Trinajstić information content (AvgIpc) is 3.24. The van der Waals surface area contributed by atoms with E-state index < -0.39 is 0 Å². The first-order valence-electron chi connectivity index (χ1n) is 11.3. The van der Waals surface area contributed by atoms with Crippen LogP contribution in [0.5, 0.6) is 0 Å². The number of aromatic nitrogens is 1. The Hall–Kier alpha value is -3.96. The zero-order chi connectivity index (χ0) is 25.9. The molecule has 196 valence electrons. The third-order valence-corrected chi connectivity index (χ3v) is 6.01. The number of carbonyl (C=O) groups is 3. The molecule has 37 heavy (non-hydrogen) atoms. The highest BCUT2D eigenvalue weighted by atomic mass is 35.5. The van der Waals surface area contributed by atoms with Gasteiger partial charge in [-0.2, -0.15) is 0 Å². The van der Waals surface area contributed by atoms with Gasteiger partial charge in [0.05, 0.1) is 11.4 Å². The standard InChI is InChI=1S/C25H29N7O3S.ClH/c1-16(33)30-25-32-20(12-9-17-7-10-19(11-8-17)31-24(26)27)22(36-25)23(35)28-14-13-21(34)29-15-18-5-3-2-4-6-18;/h2-8,10-11H,9,12-15H2,1H3,(H,28,35)(H,29,34)(H4,26,27,31)(H,30,32,33);1H. The molecule has 0 radical (unpaired) electrons. The molecule has 12 heteroatoms. The summed E-state index contributed by atoms with van der Waals surface area (Å²) in [6.07, 6.45) is 1.25. The summed E-state index contributed by atoms with van der Waals surface area (Å²) in [4.78, 5) is 45.3. The maximum Gasteiger partial charge on any atom is 0.263 e. The molecule has 0 atom stereocenters. The lowest BCUT2D eigenvalue weighted by molar-refractivity contribution is -0.121. The first kappa shape index (κ1) is 29.3. The van der Waals surface area contributed by atoms with Crippen LogP contribution in [0, 0.1) is 0 Å². The number of nitrogens with one attached hydrogen (secondary N) is 3. The SMILES string of the molecule is CC(=O)Nc1nc(CCc2ccc(N=C(N)N)cc2)c(C(=O)NCCC(=O)NCc2ccccc2)s1.Cl. The van der Waals surface area contributed by atoms with Crippen LogP contribution in [-0.2, 0) is 29.0 Å². The van der Waals surface area contributed by atoms with Crippen molar-refractivity contribution in [3.05, 3.63) is 76.3 Å². The first-order valence-corrected chi connectivity index (χ1v) is 12.2. The van der Waals surface area contributed by atoms with Gasteiger partial charge >= 0.3 is 0 Å². The van der Waals surface area contributed by atoms with E-state index in [9.17, 15) is 14.4 Å². The van der Waals surface area contributed by atoms with Crippen LogP contribution in [0.4, 0.5) is 10.8 Å². The summed E-state index contributed by atoms with van der Waals surface area (Å²) in [7, 11) is 0. The number of amides is 3. The van der Waals surface area contributed by atoms with Gasteiger partial charge in [-0.1, -0.05) is 53.8 Å². The summed E-state index contributed by atoms with van der Waals surface area (Å²) < 4.78 is 0. The van der Waals surface area contributed by atoms with Crippen LogP contribution in [0.2, 0.25) is 0 Å². The van der Waals surface area contributed by atoms with E-state index in [1.54, 1.807) is 12.1 Å². The predicted molar refractivity (Wildman–Crippen MR) is 148 cm³/mol. The van der Waals surface area contributed by atoms with E-state index >= 15 is 0 Å². The molecule has 7 N–H and O–H groups in total. The van der Waals surface area contributed by atoms with E-state index in [0.717, 1.165) is 22.5 Å². The molecular weight excluding hydrogens is 514 g/mol. The number of hydrogen-bond donors (Lipinski definition) is 5. The molecule has 1 heterocycles. The van der Waals surface area contributed by atoms with Crippen molar-refractivity contribution in [2.24, 2.45) is 16.5 Å². The number of nitrogens with zero attached hydrogens (tertiary/aromatic N) is 2. The lowest BCUT2D eigenvalue weighted by Crippen LogP contribution is -2.30. The Balaban J connectivity index is 0.00000481. The number of carbonyl (C=O) groups excluding carboxylic acids is 3. The Morgan fingerprint density at radius 2 is 1.65 bits per heavy atom. The minimum Gasteiger partial charge on any atom is -0.370 e. The van der Waals surface area contributed by atoms with E-state index in [2.05, 4.69) is 25.9 Å². The maximum absolute atomic E-state index is 12.9. The topological polar surface area (TPSA) is 165 Å². The Labute approximate surface area is 225 Å². The van der Waals surface area contributed by atoms with Gasteiger partial charge in [0.1, 0.15) is 4.88 Å². The summed E-state index contributed by atoms with van der Waals surface area (Å²) in [5.41, 5.74) is 14.0. The summed E-state index contributed by atoms with van der Waals surface area (Å²) in [5.74, 6) is -0.780. The first-order chi connectivity index (χ1) is 17.3. The van der Waals surface area contributed by atoms with Crippen LogP contribution in [-0.4, -0.2) is 35.2 Å². The third-order valence-electron chi connectivity index (χ3n) is 5.00. The van der Waals surface area contributed by atoms with Crippen molar-refractivity contribution >= 4 is 58.2 Å². The van der Waals surface area contributed by atoms with Crippen LogP contribution in [0.1, 0.15) is 39.8 Å². The molecule has 0 aliphatic carbocycles. The number of halogens is 1. The summed E-state index contributed by atoms with van der Waals surface area (Å²) in [6.45, 7) is 1.99. The zero-order valence-electron chi connectivity index (χ0n) is 20.3. The Morgan fingerprint density at radius 3 is 2.30 bits per heavy atom. The number of aryl methyl sites for hydroxylation is 2. The lowest BCUT2D eigenvalue weighted by atomic mass is 10.1. The number of benzene rings is 2. The molecule has 10 nitrogen and oxygen atoms in total. The zero-order valence-corrected chi connectivity index (χ0v) is 22.0. The van der Waals surface area contributed by atoms with Gasteiger partial charge in [-0.05, 0) is 36.1 Å². The smallest absolute Gasteiger partial charge is 0.263 e. The van der Waals surface area contributed by atoms with Gasteiger partial charge in [-0.15, -0.1) is 12.4 Å². The van der Waals surface area contributed by atoms with Crippen molar-refractivity contribution in [2.45, 2.75) is 32.7 Å². The van der Waals surface area contributed by atoms with E-state index in [0.29, 0.717) is 40.8 Å². The second-order valence-corrected chi connectivity index (χ2v) is 8.95. The Kier molecular flexibility index (Phi) is 11.5. The van der Waals surface area contributed by atoms with E-state index in [1.165, 1.54) is 6.92 Å². The molecule has 0 saturated carbocycles. The summed E-state index contributed by atoms with van der Waals surface area (Å²) >= 11 is 1.11. The predicted octanol–water partition coefficient (Wildman–Crippen LogP) is 2.65. The van der Waals surface area contributed by atoms with E-state index in [1.807, 2.05) is 42.5 Å². The molecule has 0 unspecified atom stereocenters. The monoisotopic (exact) mass is 543 g/mol. The largest absolute Gasteiger partial charge is 0.370 e. The maximum atomic E-state index is 12.9. The molecule has 3 amide bonds.